The molecular formula is C10H23N3O. The summed E-state index contributed by atoms with van der Waals surface area (Å²) in [6.07, 6.45) is 0. The normalized spacial score (nSPS) is 14.4. The van der Waals surface area contributed by atoms with Crippen molar-refractivity contribution in [1.82, 2.24) is 4.90 Å². The smallest absolute Gasteiger partial charge is 0.0947 e. The van der Waals surface area contributed by atoms with Crippen LogP contribution in [-0.4, -0.2) is 41.1 Å². The van der Waals surface area contributed by atoms with Gasteiger partial charge >= 0.3 is 0 Å². The second kappa shape index (κ2) is 5.32. The van der Waals surface area contributed by atoms with Crippen LogP contribution in [0.2, 0.25) is 0 Å². The van der Waals surface area contributed by atoms with Crippen LogP contribution in [0, 0.1) is 11.3 Å². The van der Waals surface area contributed by atoms with Gasteiger partial charge in [0, 0.05) is 19.0 Å². The lowest BCUT2D eigenvalue weighted by molar-refractivity contribution is 0.0359. The maximum Gasteiger partial charge on any atom is 0.0947 e. The van der Waals surface area contributed by atoms with Gasteiger partial charge < -0.3 is 15.7 Å². The van der Waals surface area contributed by atoms with Crippen molar-refractivity contribution < 1.29 is 5.11 Å². The first kappa shape index (κ1) is 13.4. The van der Waals surface area contributed by atoms with Gasteiger partial charge in [-0.05, 0) is 20.4 Å². The standard InChI is InChI=1S/C10H23N3O/c1-5-13(7-10(3,4)14)6-8(2)9(11)12/h8,14H,5-7H2,1-4H3,(H3,11,12). The number of nitrogens with zero attached hydrogens (tertiary/aromatic N) is 1. The van der Waals surface area contributed by atoms with Crippen LogP contribution >= 0.6 is 0 Å². The molecule has 0 saturated carbocycles. The molecule has 0 amide bonds. The average Bonchev–Trinajstić information content (AvgIpc) is 2.00. The summed E-state index contributed by atoms with van der Waals surface area (Å²) in [6, 6.07) is 0. The molecule has 4 N–H and O–H groups in total. The van der Waals surface area contributed by atoms with Crippen LogP contribution in [0.25, 0.3) is 0 Å². The largest absolute Gasteiger partial charge is 0.389 e. The lowest BCUT2D eigenvalue weighted by Crippen LogP contribution is -2.42. The zero-order valence-electron chi connectivity index (χ0n) is 9.67. The monoisotopic (exact) mass is 201 g/mol. The minimum atomic E-state index is -0.688. The Morgan fingerprint density at radius 2 is 2.07 bits per heavy atom. The van der Waals surface area contributed by atoms with E-state index in [2.05, 4.69) is 4.90 Å². The lowest BCUT2D eigenvalue weighted by Gasteiger charge is -2.29. The molecule has 0 aliphatic carbocycles. The Hall–Kier alpha value is -0.610. The first-order valence-electron chi connectivity index (χ1n) is 5.05. The summed E-state index contributed by atoms with van der Waals surface area (Å²) >= 11 is 0. The molecule has 14 heavy (non-hydrogen) atoms. The molecule has 0 saturated heterocycles. The molecule has 0 bridgehead atoms. The van der Waals surface area contributed by atoms with Crippen LogP contribution in [0.4, 0.5) is 0 Å². The van der Waals surface area contributed by atoms with Crippen molar-refractivity contribution in [3.63, 3.8) is 0 Å². The minimum absolute atomic E-state index is 0.0531. The van der Waals surface area contributed by atoms with Crippen molar-refractivity contribution in [3.8, 4) is 0 Å². The SMILES string of the molecule is CCN(CC(C)C(=N)N)CC(C)(C)O. The predicted octanol–water partition coefficient (Wildman–Crippen LogP) is 0.651. The van der Waals surface area contributed by atoms with Gasteiger partial charge in [-0.3, -0.25) is 5.41 Å². The van der Waals surface area contributed by atoms with Gasteiger partial charge in [-0.1, -0.05) is 13.8 Å². The number of nitrogens with two attached hydrogens (primary N) is 1. The number of hydrogen-bond donors (Lipinski definition) is 3. The Kier molecular flexibility index (Phi) is 5.08. The fraction of sp³-hybridized carbons (Fsp3) is 0.900. The predicted molar refractivity (Wildman–Crippen MR) is 59.5 cm³/mol. The van der Waals surface area contributed by atoms with Crippen LogP contribution in [0.5, 0.6) is 0 Å². The number of aliphatic hydroxyl groups is 1. The summed E-state index contributed by atoms with van der Waals surface area (Å²) in [6.45, 7) is 9.74. The maximum absolute atomic E-state index is 9.64. The summed E-state index contributed by atoms with van der Waals surface area (Å²) in [7, 11) is 0. The Labute approximate surface area is 86.6 Å². The molecule has 0 spiro atoms. The highest BCUT2D eigenvalue weighted by Gasteiger charge is 2.19. The number of hydrogen-bond acceptors (Lipinski definition) is 3. The van der Waals surface area contributed by atoms with E-state index in [-0.39, 0.29) is 11.8 Å². The van der Waals surface area contributed by atoms with Gasteiger partial charge in [-0.15, -0.1) is 0 Å². The molecule has 0 aromatic heterocycles. The third-order valence-electron chi connectivity index (χ3n) is 2.12. The van der Waals surface area contributed by atoms with Gasteiger partial charge in [0.05, 0.1) is 11.4 Å². The van der Waals surface area contributed by atoms with Crippen molar-refractivity contribution in [2.24, 2.45) is 11.7 Å². The van der Waals surface area contributed by atoms with Crippen LogP contribution in [0.15, 0.2) is 0 Å². The topological polar surface area (TPSA) is 73.3 Å². The van der Waals surface area contributed by atoms with E-state index in [4.69, 9.17) is 11.1 Å². The van der Waals surface area contributed by atoms with E-state index >= 15 is 0 Å². The molecule has 1 atom stereocenters. The molecule has 0 aromatic carbocycles. The van der Waals surface area contributed by atoms with Gasteiger partial charge in [0.25, 0.3) is 0 Å². The molecule has 4 heteroatoms. The van der Waals surface area contributed by atoms with Crippen molar-refractivity contribution in [2.45, 2.75) is 33.3 Å². The third kappa shape index (κ3) is 5.94. The Balaban J connectivity index is 4.10. The van der Waals surface area contributed by atoms with Crippen molar-refractivity contribution in [3.05, 3.63) is 0 Å². The van der Waals surface area contributed by atoms with Gasteiger partial charge in [0.15, 0.2) is 0 Å². The molecular weight excluding hydrogens is 178 g/mol. The Morgan fingerprint density at radius 1 is 1.57 bits per heavy atom. The molecule has 0 aliphatic rings. The van der Waals surface area contributed by atoms with Gasteiger partial charge in [-0.25, -0.2) is 0 Å². The fourth-order valence-corrected chi connectivity index (χ4v) is 1.34. The molecule has 0 aromatic rings. The van der Waals surface area contributed by atoms with Crippen molar-refractivity contribution >= 4 is 5.84 Å². The summed E-state index contributed by atoms with van der Waals surface area (Å²) in [4.78, 5) is 2.10. The second-order valence-electron chi connectivity index (χ2n) is 4.50. The summed E-state index contributed by atoms with van der Waals surface area (Å²) in [5, 5.41) is 16.9. The molecule has 0 heterocycles. The number of nitrogens with one attached hydrogen (secondary N) is 1. The molecule has 0 fully saturated rings. The summed E-state index contributed by atoms with van der Waals surface area (Å²) in [5.74, 6) is 0.261. The van der Waals surface area contributed by atoms with E-state index in [1.54, 1.807) is 13.8 Å². The summed E-state index contributed by atoms with van der Waals surface area (Å²) < 4.78 is 0. The first-order valence-corrected chi connectivity index (χ1v) is 5.05. The van der Waals surface area contributed by atoms with Crippen molar-refractivity contribution in [1.29, 1.82) is 5.41 Å². The molecule has 0 rings (SSSR count). The fourth-order valence-electron chi connectivity index (χ4n) is 1.34. The van der Waals surface area contributed by atoms with Crippen LogP contribution in [-0.2, 0) is 0 Å². The van der Waals surface area contributed by atoms with Gasteiger partial charge in [0.2, 0.25) is 0 Å². The van der Waals surface area contributed by atoms with E-state index in [0.29, 0.717) is 6.54 Å². The Bertz CT molecular complexity index is 186. The van der Waals surface area contributed by atoms with Gasteiger partial charge in [0.1, 0.15) is 0 Å². The quantitative estimate of drug-likeness (QED) is 0.436. The highest BCUT2D eigenvalue weighted by molar-refractivity contribution is 5.79. The van der Waals surface area contributed by atoms with Gasteiger partial charge in [-0.2, -0.15) is 0 Å². The number of rotatable bonds is 6. The average molecular weight is 201 g/mol. The van der Waals surface area contributed by atoms with E-state index in [1.165, 1.54) is 0 Å². The van der Waals surface area contributed by atoms with E-state index in [9.17, 15) is 5.11 Å². The molecule has 4 nitrogen and oxygen atoms in total. The van der Waals surface area contributed by atoms with Crippen LogP contribution in [0.1, 0.15) is 27.7 Å². The minimum Gasteiger partial charge on any atom is -0.389 e. The highest BCUT2D eigenvalue weighted by atomic mass is 16.3. The number of amidine groups is 1. The Morgan fingerprint density at radius 3 is 2.36 bits per heavy atom. The second-order valence-corrected chi connectivity index (χ2v) is 4.50. The molecule has 84 valence electrons. The molecule has 1 unspecified atom stereocenters. The maximum atomic E-state index is 9.64. The van der Waals surface area contributed by atoms with Crippen LogP contribution in [0.3, 0.4) is 0 Å². The summed E-state index contributed by atoms with van der Waals surface area (Å²) in [5.41, 5.74) is 4.71. The van der Waals surface area contributed by atoms with E-state index in [0.717, 1.165) is 13.1 Å². The third-order valence-corrected chi connectivity index (χ3v) is 2.12. The van der Waals surface area contributed by atoms with Crippen molar-refractivity contribution in [2.75, 3.05) is 19.6 Å². The van der Waals surface area contributed by atoms with E-state index < -0.39 is 5.60 Å². The lowest BCUT2D eigenvalue weighted by atomic mass is 10.1. The zero-order chi connectivity index (χ0) is 11.4. The zero-order valence-corrected chi connectivity index (χ0v) is 9.67. The highest BCUT2D eigenvalue weighted by Crippen LogP contribution is 2.07. The molecule has 0 radical (unpaired) electrons. The number of likely N-dealkylation sites (N-methyl/N-ethyl adjacent to an activating group) is 1. The van der Waals surface area contributed by atoms with Crippen LogP contribution < -0.4 is 5.73 Å². The first-order chi connectivity index (χ1) is 6.26. The van der Waals surface area contributed by atoms with E-state index in [1.807, 2.05) is 13.8 Å². The molecule has 0 aliphatic heterocycles.